The van der Waals surface area contributed by atoms with Crippen molar-refractivity contribution < 1.29 is 14.6 Å². The van der Waals surface area contributed by atoms with Gasteiger partial charge in [-0.15, -0.1) is 0 Å². The fourth-order valence-electron chi connectivity index (χ4n) is 12.3. The normalized spacial score (nSPS) is 43.0. The second-order valence-corrected chi connectivity index (χ2v) is 18.4. The zero-order chi connectivity index (χ0) is 31.3. The highest BCUT2D eigenvalue weighted by atomic mass is 16.5. The van der Waals surface area contributed by atoms with Gasteiger partial charge in [-0.1, -0.05) is 106 Å². The summed E-state index contributed by atoms with van der Waals surface area (Å²) in [4.78, 5) is 13.0. The molecular weight excluding hydrogens is 528 g/mol. The van der Waals surface area contributed by atoms with Crippen LogP contribution in [0.5, 0.6) is 0 Å². The molecule has 5 aliphatic rings. The smallest absolute Gasteiger partial charge is 0.306 e. The maximum atomic E-state index is 13.0. The van der Waals surface area contributed by atoms with Crippen molar-refractivity contribution >= 4 is 5.97 Å². The van der Waals surface area contributed by atoms with E-state index in [2.05, 4.69) is 61.5 Å². The number of aliphatic hydroxyl groups excluding tert-OH is 1. The lowest BCUT2D eigenvalue weighted by atomic mass is 9.33. The summed E-state index contributed by atoms with van der Waals surface area (Å²) in [6, 6.07) is 0. The molecule has 0 heterocycles. The van der Waals surface area contributed by atoms with Crippen molar-refractivity contribution in [3.63, 3.8) is 0 Å². The van der Waals surface area contributed by atoms with Crippen molar-refractivity contribution in [3.8, 4) is 0 Å². The largest absolute Gasteiger partial charge is 0.462 e. The summed E-state index contributed by atoms with van der Waals surface area (Å²) in [5.41, 5.74) is 2.95. The summed E-state index contributed by atoms with van der Waals surface area (Å²) in [7, 11) is 0. The first-order valence-corrected chi connectivity index (χ1v) is 18.7. The van der Waals surface area contributed by atoms with Crippen LogP contribution < -0.4 is 0 Å². The van der Waals surface area contributed by atoms with Gasteiger partial charge in [0.15, 0.2) is 0 Å². The number of esters is 1. The van der Waals surface area contributed by atoms with E-state index in [9.17, 15) is 9.90 Å². The van der Waals surface area contributed by atoms with Crippen LogP contribution in [0, 0.1) is 50.2 Å². The van der Waals surface area contributed by atoms with E-state index in [0.717, 1.165) is 19.3 Å². The molecule has 3 heteroatoms. The average Bonchev–Trinajstić information content (AvgIpc) is 2.94. The van der Waals surface area contributed by atoms with Crippen LogP contribution >= 0.6 is 0 Å². The van der Waals surface area contributed by atoms with Gasteiger partial charge in [-0.2, -0.15) is 0 Å². The molecule has 0 aromatic heterocycles. The quantitative estimate of drug-likeness (QED) is 0.155. The Morgan fingerprint density at radius 3 is 2.21 bits per heavy atom. The molecule has 0 radical (unpaired) electrons. The first kappa shape index (κ1) is 33.5. The van der Waals surface area contributed by atoms with E-state index in [-0.39, 0.29) is 39.1 Å². The molecule has 4 saturated carbocycles. The Morgan fingerprint density at radius 1 is 0.837 bits per heavy atom. The maximum absolute atomic E-state index is 13.0. The average molecular weight is 597 g/mol. The third-order valence-electron chi connectivity index (χ3n) is 15.3. The van der Waals surface area contributed by atoms with Gasteiger partial charge in [0, 0.05) is 23.9 Å². The Hall–Kier alpha value is -0.830. The third-order valence-corrected chi connectivity index (χ3v) is 15.3. The van der Waals surface area contributed by atoms with Gasteiger partial charge < -0.3 is 9.84 Å². The molecule has 8 unspecified atom stereocenters. The highest BCUT2D eigenvalue weighted by Crippen LogP contribution is 2.75. The molecule has 43 heavy (non-hydrogen) atoms. The molecule has 246 valence electrons. The van der Waals surface area contributed by atoms with Crippen molar-refractivity contribution in [2.24, 2.45) is 50.2 Å². The first-order chi connectivity index (χ1) is 20.2. The van der Waals surface area contributed by atoms with Gasteiger partial charge in [-0.25, -0.2) is 0 Å². The van der Waals surface area contributed by atoms with Gasteiger partial charge in [-0.05, 0) is 110 Å². The Bertz CT molecular complexity index is 1040. The number of rotatable bonds is 10. The number of unbranched alkanes of at least 4 members (excludes halogenated alkanes) is 6. The zero-order valence-electron chi connectivity index (χ0n) is 29.6. The lowest BCUT2D eigenvalue weighted by Crippen LogP contribution is -2.65. The number of carbonyl (C=O) groups excluding carboxylic acids is 1. The van der Waals surface area contributed by atoms with Crippen LogP contribution in [0.1, 0.15) is 171 Å². The Labute approximate surface area is 265 Å². The highest BCUT2D eigenvalue weighted by Gasteiger charge is 2.68. The number of hydrogen-bond acceptors (Lipinski definition) is 3. The molecule has 0 amide bonds. The van der Waals surface area contributed by atoms with Crippen LogP contribution in [0.2, 0.25) is 0 Å². The van der Waals surface area contributed by atoms with Crippen LogP contribution in [0.15, 0.2) is 11.6 Å². The number of aliphatic hydroxyl groups is 1. The van der Waals surface area contributed by atoms with Gasteiger partial charge in [-0.3, -0.25) is 4.79 Å². The molecule has 0 bridgehead atoms. The summed E-state index contributed by atoms with van der Waals surface area (Å²) in [5.74, 6) is 1.81. The summed E-state index contributed by atoms with van der Waals surface area (Å²) in [6.45, 7) is 20.3. The molecule has 5 aliphatic carbocycles. The van der Waals surface area contributed by atoms with Crippen LogP contribution in [-0.2, 0) is 9.53 Å². The molecule has 0 aromatic rings. The van der Waals surface area contributed by atoms with Crippen molar-refractivity contribution in [1.29, 1.82) is 0 Å². The van der Waals surface area contributed by atoms with Crippen LogP contribution in [0.4, 0.5) is 0 Å². The zero-order valence-corrected chi connectivity index (χ0v) is 29.6. The van der Waals surface area contributed by atoms with Crippen LogP contribution in [-0.4, -0.2) is 23.8 Å². The van der Waals surface area contributed by atoms with E-state index in [1.165, 1.54) is 89.9 Å². The number of fused-ring (bicyclic) bond motifs is 7. The third kappa shape index (κ3) is 5.60. The van der Waals surface area contributed by atoms with Gasteiger partial charge in [0.1, 0.15) is 6.10 Å². The van der Waals surface area contributed by atoms with E-state index in [1.54, 1.807) is 5.57 Å². The van der Waals surface area contributed by atoms with Gasteiger partial charge in [0.2, 0.25) is 0 Å². The first-order valence-electron chi connectivity index (χ1n) is 18.7. The standard InChI is InChI=1S/C40H68O3/c1-9-10-11-12-13-14-15-16-34(42)43-33-20-21-37(6)31(36(33,4)5)19-22-39(8)32(37)18-17-29-30-27-35(2,3)23-25-40(30,28-41)26-24-38(29,39)7/h17,30-33,41H,9-16,18-28H2,1-8H3. The molecule has 4 fully saturated rings. The van der Waals surface area contributed by atoms with E-state index in [1.807, 2.05) is 0 Å². The summed E-state index contributed by atoms with van der Waals surface area (Å²) < 4.78 is 6.34. The van der Waals surface area contributed by atoms with Gasteiger partial charge >= 0.3 is 5.97 Å². The molecule has 8 atom stereocenters. The monoisotopic (exact) mass is 597 g/mol. The second-order valence-electron chi connectivity index (χ2n) is 18.4. The number of allylic oxidation sites excluding steroid dienone is 2. The van der Waals surface area contributed by atoms with Gasteiger partial charge in [0.25, 0.3) is 0 Å². The molecular formula is C40H68O3. The van der Waals surface area contributed by atoms with Crippen LogP contribution in [0.3, 0.4) is 0 Å². The minimum Gasteiger partial charge on any atom is -0.462 e. The molecule has 1 N–H and O–H groups in total. The number of carbonyl (C=O) groups is 1. The summed E-state index contributed by atoms with van der Waals surface area (Å²) in [5, 5.41) is 10.8. The fraction of sp³-hybridized carbons (Fsp3) is 0.925. The Kier molecular flexibility index (Phi) is 9.42. The Morgan fingerprint density at radius 2 is 1.51 bits per heavy atom. The van der Waals surface area contributed by atoms with E-state index in [0.29, 0.717) is 36.2 Å². The predicted octanol–water partition coefficient (Wildman–Crippen LogP) is 10.8. The van der Waals surface area contributed by atoms with E-state index in [4.69, 9.17) is 4.74 Å². The molecule has 0 saturated heterocycles. The van der Waals surface area contributed by atoms with Crippen molar-refractivity contribution in [2.45, 2.75) is 177 Å². The SMILES string of the molecule is CCCCCCCCCC(=O)OC1CCC2(C)C(CCC3(C)C2CC=C2C4CC(C)(C)CCC4(CO)CCC23C)C1(C)C. The topological polar surface area (TPSA) is 46.5 Å². The minimum atomic E-state index is 0.00103. The van der Waals surface area contributed by atoms with Crippen molar-refractivity contribution in [1.82, 2.24) is 0 Å². The second kappa shape index (κ2) is 12.1. The number of hydrogen-bond donors (Lipinski definition) is 1. The fourth-order valence-corrected chi connectivity index (χ4v) is 12.3. The Balaban J connectivity index is 1.30. The lowest BCUT2D eigenvalue weighted by Gasteiger charge is -2.71. The maximum Gasteiger partial charge on any atom is 0.306 e. The molecule has 3 nitrogen and oxygen atoms in total. The number of ether oxygens (including phenoxy) is 1. The minimum absolute atomic E-state index is 0.00103. The highest BCUT2D eigenvalue weighted by molar-refractivity contribution is 5.69. The van der Waals surface area contributed by atoms with Crippen molar-refractivity contribution in [3.05, 3.63) is 11.6 Å². The van der Waals surface area contributed by atoms with Crippen LogP contribution in [0.25, 0.3) is 0 Å². The summed E-state index contributed by atoms with van der Waals surface area (Å²) in [6.07, 6.45) is 23.9. The van der Waals surface area contributed by atoms with Gasteiger partial charge in [0.05, 0.1) is 0 Å². The predicted molar refractivity (Wildman–Crippen MR) is 179 cm³/mol. The van der Waals surface area contributed by atoms with E-state index < -0.39 is 0 Å². The molecule has 5 rings (SSSR count). The molecule has 0 spiro atoms. The van der Waals surface area contributed by atoms with Crippen molar-refractivity contribution in [2.75, 3.05) is 6.61 Å². The molecule has 0 aliphatic heterocycles. The van der Waals surface area contributed by atoms with E-state index >= 15 is 0 Å². The summed E-state index contributed by atoms with van der Waals surface area (Å²) >= 11 is 0. The lowest BCUT2D eigenvalue weighted by molar-refractivity contribution is -0.213. The molecule has 0 aromatic carbocycles.